The maximum atomic E-state index is 10.5. The van der Waals surface area contributed by atoms with E-state index in [-0.39, 0.29) is 5.56 Å². The van der Waals surface area contributed by atoms with Crippen molar-refractivity contribution < 1.29 is 9.90 Å². The van der Waals surface area contributed by atoms with Crippen molar-refractivity contribution in [2.45, 2.75) is 0 Å². The van der Waals surface area contributed by atoms with E-state index in [9.17, 15) is 4.79 Å². The summed E-state index contributed by atoms with van der Waals surface area (Å²) in [5.74, 6) is -0.958. The summed E-state index contributed by atoms with van der Waals surface area (Å²) in [6.45, 7) is 0. The van der Waals surface area contributed by atoms with Crippen LogP contribution < -0.4 is 0 Å². The number of fused-ring (bicyclic) bond motifs is 1. The molecule has 0 amide bonds. The molecule has 0 aliphatic rings. The highest BCUT2D eigenvalue weighted by Crippen LogP contribution is 2.03. The first-order valence-electron chi connectivity index (χ1n) is 3.30. The lowest BCUT2D eigenvalue weighted by atomic mass is 10.3. The summed E-state index contributed by atoms with van der Waals surface area (Å²) in [4.78, 5) is 10.5. The minimum absolute atomic E-state index is 0.218. The van der Waals surface area contributed by atoms with E-state index in [0.717, 1.165) is 0 Å². The first-order chi connectivity index (χ1) is 5.77. The molecule has 0 fully saturated rings. The Morgan fingerprint density at radius 1 is 1.58 bits per heavy atom. The van der Waals surface area contributed by atoms with Gasteiger partial charge in [0.05, 0.1) is 5.56 Å². The second-order valence-corrected chi connectivity index (χ2v) is 2.32. The summed E-state index contributed by atoms with van der Waals surface area (Å²) < 4.78 is 1.65. The second-order valence-electron chi connectivity index (χ2n) is 2.32. The van der Waals surface area contributed by atoms with E-state index in [0.29, 0.717) is 5.65 Å². The van der Waals surface area contributed by atoms with Crippen LogP contribution in [0.1, 0.15) is 10.4 Å². The number of hydrogen-bond acceptors (Lipinski definition) is 3. The zero-order valence-corrected chi connectivity index (χ0v) is 6.01. The fourth-order valence-electron chi connectivity index (χ4n) is 0.950. The largest absolute Gasteiger partial charge is 0.478 e. The maximum absolute atomic E-state index is 10.5. The zero-order valence-electron chi connectivity index (χ0n) is 6.01. The molecule has 0 bridgehead atoms. The minimum atomic E-state index is -0.958. The Bertz CT molecular complexity index is 435. The molecule has 1 N–H and O–H groups in total. The van der Waals surface area contributed by atoms with E-state index >= 15 is 0 Å². The molecule has 0 spiro atoms. The molecule has 0 aliphatic heterocycles. The third-order valence-electron chi connectivity index (χ3n) is 1.55. The van der Waals surface area contributed by atoms with Crippen molar-refractivity contribution in [2.75, 3.05) is 0 Å². The fraction of sp³-hybridized carbons (Fsp3) is 0. The van der Waals surface area contributed by atoms with Crippen LogP contribution in [-0.4, -0.2) is 25.7 Å². The number of pyridine rings is 1. The smallest absolute Gasteiger partial charge is 0.335 e. The highest BCUT2D eigenvalue weighted by Gasteiger charge is 2.03. The van der Waals surface area contributed by atoms with Crippen LogP contribution in [-0.2, 0) is 0 Å². The van der Waals surface area contributed by atoms with Gasteiger partial charge in [0.15, 0.2) is 5.65 Å². The number of rotatable bonds is 1. The van der Waals surface area contributed by atoms with Crippen molar-refractivity contribution in [3.8, 4) is 0 Å². The van der Waals surface area contributed by atoms with Gasteiger partial charge >= 0.3 is 5.97 Å². The van der Waals surface area contributed by atoms with Crippen LogP contribution in [0.3, 0.4) is 0 Å². The average molecular weight is 163 g/mol. The molecular weight excluding hydrogens is 158 g/mol. The van der Waals surface area contributed by atoms with E-state index in [1.54, 1.807) is 10.6 Å². The Morgan fingerprint density at radius 3 is 3.17 bits per heavy atom. The van der Waals surface area contributed by atoms with Crippen LogP contribution in [0.5, 0.6) is 0 Å². The van der Waals surface area contributed by atoms with Crippen molar-refractivity contribution in [1.82, 2.24) is 14.6 Å². The molecule has 0 atom stereocenters. The van der Waals surface area contributed by atoms with Crippen LogP contribution in [0.4, 0.5) is 0 Å². The Balaban J connectivity index is 2.68. The van der Waals surface area contributed by atoms with Crippen molar-refractivity contribution in [3.63, 3.8) is 0 Å². The SMILES string of the molecule is O=C(O)c1ccn2cnnc2c1. The highest BCUT2D eigenvalue weighted by molar-refractivity contribution is 5.88. The molecule has 0 aromatic carbocycles. The monoisotopic (exact) mass is 163 g/mol. The lowest BCUT2D eigenvalue weighted by Crippen LogP contribution is -1.96. The molecule has 0 unspecified atom stereocenters. The van der Waals surface area contributed by atoms with Crippen LogP contribution in [0.2, 0.25) is 0 Å². The molecule has 0 saturated carbocycles. The van der Waals surface area contributed by atoms with E-state index < -0.39 is 5.97 Å². The number of carboxylic acids is 1. The van der Waals surface area contributed by atoms with Gasteiger partial charge < -0.3 is 5.11 Å². The molecule has 0 saturated heterocycles. The quantitative estimate of drug-likeness (QED) is 0.661. The summed E-state index contributed by atoms with van der Waals surface area (Å²) >= 11 is 0. The van der Waals surface area contributed by atoms with Crippen molar-refractivity contribution in [2.24, 2.45) is 0 Å². The number of nitrogens with zero attached hydrogens (tertiary/aromatic N) is 3. The normalized spacial score (nSPS) is 10.3. The molecule has 2 aromatic heterocycles. The third kappa shape index (κ3) is 0.914. The summed E-state index contributed by atoms with van der Waals surface area (Å²) in [6.07, 6.45) is 3.12. The van der Waals surface area contributed by atoms with Crippen LogP contribution in [0, 0.1) is 0 Å². The third-order valence-corrected chi connectivity index (χ3v) is 1.55. The van der Waals surface area contributed by atoms with Gasteiger partial charge in [-0.05, 0) is 12.1 Å². The maximum Gasteiger partial charge on any atom is 0.335 e. The molecule has 12 heavy (non-hydrogen) atoms. The van der Waals surface area contributed by atoms with Crippen LogP contribution in [0.15, 0.2) is 24.7 Å². The van der Waals surface area contributed by atoms with Gasteiger partial charge in [-0.15, -0.1) is 10.2 Å². The average Bonchev–Trinajstić information content (AvgIpc) is 2.49. The van der Waals surface area contributed by atoms with Crippen molar-refractivity contribution in [1.29, 1.82) is 0 Å². The number of aromatic nitrogens is 3. The van der Waals surface area contributed by atoms with E-state index in [1.165, 1.54) is 18.5 Å². The molecule has 5 nitrogen and oxygen atoms in total. The van der Waals surface area contributed by atoms with Gasteiger partial charge in [0.25, 0.3) is 0 Å². The van der Waals surface area contributed by atoms with Crippen LogP contribution >= 0.6 is 0 Å². The second kappa shape index (κ2) is 2.30. The first-order valence-corrected chi connectivity index (χ1v) is 3.30. The fourth-order valence-corrected chi connectivity index (χ4v) is 0.950. The molecule has 0 aliphatic carbocycles. The zero-order chi connectivity index (χ0) is 8.55. The van der Waals surface area contributed by atoms with Gasteiger partial charge in [0, 0.05) is 6.20 Å². The van der Waals surface area contributed by atoms with Gasteiger partial charge in [-0.25, -0.2) is 4.79 Å². The molecule has 2 aromatic rings. The molecular formula is C7H5N3O2. The molecule has 5 heteroatoms. The van der Waals surface area contributed by atoms with E-state index in [4.69, 9.17) is 5.11 Å². The standard InChI is InChI=1S/C7H5N3O2/c11-7(12)5-1-2-10-4-8-9-6(10)3-5/h1-4H,(H,11,12). The lowest BCUT2D eigenvalue weighted by molar-refractivity contribution is 0.0697. The van der Waals surface area contributed by atoms with Crippen molar-refractivity contribution >= 4 is 11.6 Å². The Hall–Kier alpha value is -1.91. The minimum Gasteiger partial charge on any atom is -0.478 e. The highest BCUT2D eigenvalue weighted by atomic mass is 16.4. The molecule has 60 valence electrons. The predicted octanol–water partition coefficient (Wildman–Crippen LogP) is 0.427. The summed E-state index contributed by atoms with van der Waals surface area (Å²) in [6, 6.07) is 2.97. The Labute approximate surface area is 67.3 Å². The van der Waals surface area contributed by atoms with Crippen molar-refractivity contribution in [3.05, 3.63) is 30.2 Å². The predicted molar refractivity (Wildman–Crippen MR) is 39.9 cm³/mol. The Morgan fingerprint density at radius 2 is 2.42 bits per heavy atom. The summed E-state index contributed by atoms with van der Waals surface area (Å²) in [7, 11) is 0. The Kier molecular flexibility index (Phi) is 1.30. The van der Waals surface area contributed by atoms with Gasteiger partial charge in [-0.1, -0.05) is 0 Å². The molecule has 2 heterocycles. The number of carboxylic acid groups (broad SMARTS) is 1. The molecule has 2 rings (SSSR count). The topological polar surface area (TPSA) is 67.5 Å². The van der Waals surface area contributed by atoms with Gasteiger partial charge in [-0.2, -0.15) is 0 Å². The van der Waals surface area contributed by atoms with Gasteiger partial charge in [0.1, 0.15) is 6.33 Å². The van der Waals surface area contributed by atoms with E-state index in [2.05, 4.69) is 10.2 Å². The van der Waals surface area contributed by atoms with Gasteiger partial charge in [0.2, 0.25) is 0 Å². The molecule has 0 radical (unpaired) electrons. The summed E-state index contributed by atoms with van der Waals surface area (Å²) in [5.41, 5.74) is 0.755. The first kappa shape index (κ1) is 6.78. The van der Waals surface area contributed by atoms with E-state index in [1.807, 2.05) is 0 Å². The number of aromatic carboxylic acids is 1. The van der Waals surface area contributed by atoms with Gasteiger partial charge in [-0.3, -0.25) is 4.40 Å². The lowest BCUT2D eigenvalue weighted by Gasteiger charge is -1.93. The summed E-state index contributed by atoms with van der Waals surface area (Å²) in [5, 5.41) is 16.0. The number of hydrogen-bond donors (Lipinski definition) is 1. The van der Waals surface area contributed by atoms with Crippen LogP contribution in [0.25, 0.3) is 5.65 Å². The number of carbonyl (C=O) groups is 1.